The Kier molecular flexibility index (Phi) is 4.95. The lowest BCUT2D eigenvalue weighted by Crippen LogP contribution is -2.35. The summed E-state index contributed by atoms with van der Waals surface area (Å²) < 4.78 is 5.57. The van der Waals surface area contributed by atoms with Gasteiger partial charge >= 0.3 is 6.03 Å². The number of nitrogens with zero attached hydrogens (tertiary/aromatic N) is 1. The lowest BCUT2D eigenvalue weighted by molar-refractivity contribution is -0.115. The number of nitrogens with one attached hydrogen (secondary N) is 1. The van der Waals surface area contributed by atoms with Crippen LogP contribution in [0.5, 0.6) is 5.75 Å². The van der Waals surface area contributed by atoms with Gasteiger partial charge in [0.15, 0.2) is 0 Å². The van der Waals surface area contributed by atoms with Gasteiger partial charge in [-0.05, 0) is 29.8 Å². The largest absolute Gasteiger partial charge is 0.493 e. The molecule has 0 spiro atoms. The molecule has 23 heavy (non-hydrogen) atoms. The van der Waals surface area contributed by atoms with E-state index in [2.05, 4.69) is 0 Å². The quantitative estimate of drug-likeness (QED) is 0.668. The first-order chi connectivity index (χ1) is 11.1. The van der Waals surface area contributed by atoms with Gasteiger partial charge in [0, 0.05) is 5.56 Å². The van der Waals surface area contributed by atoms with Crippen molar-refractivity contribution >= 4 is 28.8 Å². The van der Waals surface area contributed by atoms with E-state index in [1.54, 1.807) is 12.1 Å². The Bertz CT molecular complexity index is 835. The molecule has 0 aliphatic heterocycles. The molecule has 0 aliphatic carbocycles. The Morgan fingerprint density at radius 3 is 2.70 bits per heavy atom. The lowest BCUT2D eigenvalue weighted by atomic mass is 10.0. The molecule has 0 radical (unpaired) electrons. The van der Waals surface area contributed by atoms with E-state index in [-0.39, 0.29) is 5.57 Å². The third-order valence-corrected chi connectivity index (χ3v) is 3.12. The van der Waals surface area contributed by atoms with E-state index in [1.807, 2.05) is 42.6 Å². The van der Waals surface area contributed by atoms with Gasteiger partial charge in [-0.25, -0.2) is 4.79 Å². The first kappa shape index (κ1) is 16.0. The van der Waals surface area contributed by atoms with Gasteiger partial charge in [0.05, 0.1) is 6.61 Å². The molecule has 0 aromatic heterocycles. The van der Waals surface area contributed by atoms with E-state index in [0.717, 1.165) is 10.8 Å². The fraction of sp³-hybridized carbons (Fsp3) is 0.118. The van der Waals surface area contributed by atoms with Crippen LogP contribution in [0.25, 0.3) is 16.8 Å². The lowest BCUT2D eigenvalue weighted by Gasteiger charge is -2.11. The monoisotopic (exact) mass is 309 g/mol. The first-order valence-electron chi connectivity index (χ1n) is 6.94. The normalized spacial score (nSPS) is 10.9. The average molecular weight is 309 g/mol. The number of hydrogen-bond donors (Lipinski definition) is 2. The molecule has 0 unspecified atom stereocenters. The number of nitriles is 1. The maximum atomic E-state index is 11.9. The Hall–Kier alpha value is -3.33. The SMILES string of the molecule is CCOc1ccc2ccccc2c1/C=C(/C#N)C(=O)NC(N)=O. The van der Waals surface area contributed by atoms with Crippen molar-refractivity contribution in [1.82, 2.24) is 5.32 Å². The zero-order valence-corrected chi connectivity index (χ0v) is 12.5. The molecular weight excluding hydrogens is 294 g/mol. The summed E-state index contributed by atoms with van der Waals surface area (Å²) in [6, 6.07) is 12.0. The van der Waals surface area contributed by atoms with Gasteiger partial charge in [-0.3, -0.25) is 10.1 Å². The van der Waals surface area contributed by atoms with Crippen molar-refractivity contribution in [3.05, 3.63) is 47.5 Å². The molecule has 2 aromatic rings. The Morgan fingerprint density at radius 1 is 1.30 bits per heavy atom. The molecule has 0 saturated carbocycles. The number of amides is 3. The molecule has 6 nitrogen and oxygen atoms in total. The fourth-order valence-corrected chi connectivity index (χ4v) is 2.18. The third-order valence-electron chi connectivity index (χ3n) is 3.12. The van der Waals surface area contributed by atoms with Gasteiger partial charge in [0.2, 0.25) is 0 Å². The van der Waals surface area contributed by atoms with E-state index >= 15 is 0 Å². The minimum atomic E-state index is -1.01. The number of imide groups is 1. The summed E-state index contributed by atoms with van der Waals surface area (Å²) in [5.41, 5.74) is 5.28. The summed E-state index contributed by atoms with van der Waals surface area (Å²) in [6.07, 6.45) is 1.39. The third kappa shape index (κ3) is 3.66. The number of rotatable bonds is 4. The van der Waals surface area contributed by atoms with Crippen LogP contribution in [0.3, 0.4) is 0 Å². The van der Waals surface area contributed by atoms with E-state index in [1.165, 1.54) is 6.08 Å². The fourth-order valence-electron chi connectivity index (χ4n) is 2.18. The second kappa shape index (κ2) is 7.09. The second-order valence-electron chi connectivity index (χ2n) is 4.62. The van der Waals surface area contributed by atoms with E-state index in [9.17, 15) is 14.9 Å². The molecule has 0 saturated heterocycles. The summed E-state index contributed by atoms with van der Waals surface area (Å²) >= 11 is 0. The maximum absolute atomic E-state index is 11.9. The summed E-state index contributed by atoms with van der Waals surface area (Å²) in [5.74, 6) is -0.304. The van der Waals surface area contributed by atoms with Crippen molar-refractivity contribution in [2.24, 2.45) is 5.73 Å². The number of primary amides is 1. The molecule has 6 heteroatoms. The number of fused-ring (bicyclic) bond motifs is 1. The smallest absolute Gasteiger partial charge is 0.319 e. The van der Waals surface area contributed by atoms with Crippen LogP contribution in [0.4, 0.5) is 4.79 Å². The number of carbonyl (C=O) groups is 2. The number of urea groups is 1. The highest BCUT2D eigenvalue weighted by atomic mass is 16.5. The van der Waals surface area contributed by atoms with Gasteiger partial charge in [-0.1, -0.05) is 30.3 Å². The molecule has 0 bridgehead atoms. The number of nitrogens with two attached hydrogens (primary N) is 1. The van der Waals surface area contributed by atoms with E-state index < -0.39 is 11.9 Å². The minimum absolute atomic E-state index is 0.235. The van der Waals surface area contributed by atoms with Crippen LogP contribution in [-0.2, 0) is 4.79 Å². The zero-order chi connectivity index (χ0) is 16.8. The minimum Gasteiger partial charge on any atom is -0.493 e. The van der Waals surface area contributed by atoms with Crippen molar-refractivity contribution in [3.63, 3.8) is 0 Å². The van der Waals surface area contributed by atoms with E-state index in [0.29, 0.717) is 17.9 Å². The number of benzene rings is 2. The van der Waals surface area contributed by atoms with Gasteiger partial charge < -0.3 is 10.5 Å². The summed E-state index contributed by atoms with van der Waals surface area (Å²) in [5, 5.41) is 12.8. The van der Waals surface area contributed by atoms with Crippen molar-refractivity contribution in [2.75, 3.05) is 6.61 Å². The second-order valence-corrected chi connectivity index (χ2v) is 4.62. The standard InChI is InChI=1S/C17H15N3O3/c1-2-23-15-8-7-11-5-3-4-6-13(11)14(15)9-12(10-18)16(21)20-17(19)22/h3-9H,2H2,1H3,(H3,19,20,21,22)/b12-9-. The molecule has 2 aromatic carbocycles. The molecule has 116 valence electrons. The van der Waals surface area contributed by atoms with Crippen molar-refractivity contribution in [1.29, 1.82) is 5.26 Å². The topological polar surface area (TPSA) is 105 Å². The van der Waals surface area contributed by atoms with Crippen LogP contribution >= 0.6 is 0 Å². The molecule has 0 atom stereocenters. The molecule has 0 aliphatic rings. The van der Waals surface area contributed by atoms with Gasteiger partial charge in [-0.2, -0.15) is 5.26 Å². The predicted octanol–water partition coefficient (Wildman–Crippen LogP) is 2.34. The van der Waals surface area contributed by atoms with Crippen LogP contribution in [-0.4, -0.2) is 18.5 Å². The van der Waals surface area contributed by atoms with Crippen LogP contribution in [0, 0.1) is 11.3 Å². The van der Waals surface area contributed by atoms with Gasteiger partial charge in [-0.15, -0.1) is 0 Å². The van der Waals surface area contributed by atoms with Crippen LogP contribution in [0.15, 0.2) is 42.0 Å². The van der Waals surface area contributed by atoms with Crippen molar-refractivity contribution in [2.45, 2.75) is 6.92 Å². The molecular formula is C17H15N3O3. The highest BCUT2D eigenvalue weighted by Crippen LogP contribution is 2.30. The van der Waals surface area contributed by atoms with Crippen LogP contribution in [0.2, 0.25) is 0 Å². The van der Waals surface area contributed by atoms with Crippen molar-refractivity contribution < 1.29 is 14.3 Å². The first-order valence-corrected chi connectivity index (χ1v) is 6.94. The van der Waals surface area contributed by atoms with Crippen molar-refractivity contribution in [3.8, 4) is 11.8 Å². The van der Waals surface area contributed by atoms with Gasteiger partial charge in [0.1, 0.15) is 17.4 Å². The Morgan fingerprint density at radius 2 is 2.04 bits per heavy atom. The zero-order valence-electron chi connectivity index (χ0n) is 12.5. The molecule has 2 rings (SSSR count). The highest BCUT2D eigenvalue weighted by Gasteiger charge is 2.14. The molecule has 0 fully saturated rings. The number of carbonyl (C=O) groups excluding carboxylic acids is 2. The highest BCUT2D eigenvalue weighted by molar-refractivity contribution is 6.10. The average Bonchev–Trinajstić information content (AvgIpc) is 2.53. The molecule has 3 N–H and O–H groups in total. The number of ether oxygens (including phenoxy) is 1. The Labute approximate surface area is 133 Å². The van der Waals surface area contributed by atoms with E-state index in [4.69, 9.17) is 10.5 Å². The summed E-state index contributed by atoms with van der Waals surface area (Å²) in [4.78, 5) is 22.6. The molecule has 3 amide bonds. The maximum Gasteiger partial charge on any atom is 0.319 e. The summed E-state index contributed by atoms with van der Waals surface area (Å²) in [7, 11) is 0. The number of hydrogen-bond acceptors (Lipinski definition) is 4. The molecule has 0 heterocycles. The Balaban J connectivity index is 2.61. The van der Waals surface area contributed by atoms with Crippen LogP contribution < -0.4 is 15.8 Å². The predicted molar refractivity (Wildman–Crippen MR) is 86.4 cm³/mol. The van der Waals surface area contributed by atoms with Gasteiger partial charge in [0.25, 0.3) is 5.91 Å². The van der Waals surface area contributed by atoms with Crippen LogP contribution in [0.1, 0.15) is 12.5 Å². The summed E-state index contributed by atoms with van der Waals surface area (Å²) in [6.45, 7) is 2.28.